The molecule has 1 N–H and O–H groups in total. The van der Waals surface area contributed by atoms with Crippen LogP contribution in [-0.4, -0.2) is 42.9 Å². The zero-order valence-corrected chi connectivity index (χ0v) is 22.8. The van der Waals surface area contributed by atoms with Gasteiger partial charge in [0.15, 0.2) is 5.72 Å². The molecule has 0 amide bonds. The van der Waals surface area contributed by atoms with Gasteiger partial charge in [0.1, 0.15) is 22.8 Å². The predicted molar refractivity (Wildman–Crippen MR) is 155 cm³/mol. The average Bonchev–Trinajstić information content (AvgIpc) is 2.92. The Morgan fingerprint density at radius 1 is 1.03 bits per heavy atom. The van der Waals surface area contributed by atoms with Crippen LogP contribution in [0.2, 0.25) is 0 Å². The molecule has 3 aliphatic rings. The molecule has 7 rings (SSSR count). The van der Waals surface area contributed by atoms with Gasteiger partial charge in [0.25, 0.3) is 0 Å². The normalized spacial score (nSPS) is 18.9. The van der Waals surface area contributed by atoms with Crippen LogP contribution in [0.4, 0.5) is 0 Å². The number of hydrogen-bond donors (Lipinski definition) is 1. The number of fused-ring (bicyclic) bond motifs is 3. The van der Waals surface area contributed by atoms with Gasteiger partial charge in [0, 0.05) is 49.1 Å². The minimum atomic E-state index is -0.433. The first-order valence-corrected chi connectivity index (χ1v) is 14.0. The fraction of sp³-hybridized carbons (Fsp3) is 0.364. The summed E-state index contributed by atoms with van der Waals surface area (Å²) in [5.74, 6) is 3.24. The summed E-state index contributed by atoms with van der Waals surface area (Å²) >= 11 is 0. The van der Waals surface area contributed by atoms with Crippen LogP contribution < -0.4 is 19.5 Å². The van der Waals surface area contributed by atoms with Gasteiger partial charge in [-0.25, -0.2) is 4.98 Å². The number of rotatable bonds is 5. The second-order valence-corrected chi connectivity index (χ2v) is 11.2. The molecule has 4 aromatic rings. The first kappa shape index (κ1) is 24.3. The van der Waals surface area contributed by atoms with Crippen molar-refractivity contribution >= 4 is 27.4 Å². The van der Waals surface area contributed by atoms with E-state index >= 15 is 0 Å². The quantitative estimate of drug-likeness (QED) is 0.319. The monoisotopic (exact) mass is 521 g/mol. The van der Waals surface area contributed by atoms with Crippen molar-refractivity contribution in [2.45, 2.75) is 50.3 Å². The molecule has 1 saturated heterocycles. The lowest BCUT2D eigenvalue weighted by atomic mass is 9.78. The number of methoxy groups -OCH3 is 2. The zero-order valence-electron chi connectivity index (χ0n) is 22.8. The van der Waals surface area contributed by atoms with Gasteiger partial charge in [0.05, 0.1) is 19.9 Å². The molecule has 2 aliphatic heterocycles. The number of likely N-dealkylation sites (tertiary alicyclic amines) is 1. The Bertz CT molecular complexity index is 1580. The van der Waals surface area contributed by atoms with Crippen molar-refractivity contribution in [2.24, 2.45) is 0 Å². The lowest BCUT2D eigenvalue weighted by Crippen LogP contribution is -2.57. The topological polar surface area (TPSA) is 55.9 Å². The fourth-order valence-electron chi connectivity index (χ4n) is 6.42. The molecule has 1 aliphatic carbocycles. The lowest BCUT2D eigenvalue weighted by molar-refractivity contribution is -0.0206. The van der Waals surface area contributed by atoms with E-state index in [2.05, 4.69) is 59.3 Å². The van der Waals surface area contributed by atoms with Gasteiger partial charge in [-0.1, -0.05) is 31.2 Å². The number of para-hydroxylation sites is 1. The smallest absolute Gasteiger partial charge is 0.183 e. The summed E-state index contributed by atoms with van der Waals surface area (Å²) < 4.78 is 17.8. The summed E-state index contributed by atoms with van der Waals surface area (Å²) in [6, 6.07) is 19.1. The van der Waals surface area contributed by atoms with Crippen LogP contribution in [0.5, 0.6) is 17.2 Å². The van der Waals surface area contributed by atoms with E-state index in [9.17, 15) is 0 Å². The molecule has 0 radical (unpaired) electrons. The highest BCUT2D eigenvalue weighted by molar-refractivity contribution is 5.90. The third-order valence-electron chi connectivity index (χ3n) is 8.86. The van der Waals surface area contributed by atoms with Gasteiger partial charge in [-0.05, 0) is 71.5 Å². The van der Waals surface area contributed by atoms with Crippen molar-refractivity contribution in [1.29, 1.82) is 0 Å². The molecule has 39 heavy (non-hydrogen) atoms. The molecule has 200 valence electrons. The van der Waals surface area contributed by atoms with Crippen molar-refractivity contribution in [2.75, 3.05) is 27.3 Å². The Morgan fingerprint density at radius 3 is 2.62 bits per heavy atom. The van der Waals surface area contributed by atoms with Gasteiger partial charge in [0.2, 0.25) is 0 Å². The van der Waals surface area contributed by atoms with Crippen molar-refractivity contribution in [3.63, 3.8) is 0 Å². The van der Waals surface area contributed by atoms with E-state index in [1.807, 2.05) is 12.1 Å². The molecule has 2 fully saturated rings. The summed E-state index contributed by atoms with van der Waals surface area (Å²) in [6.07, 6.45) is 5.59. The zero-order chi connectivity index (χ0) is 26.6. The molecule has 0 unspecified atom stereocenters. The Morgan fingerprint density at radius 2 is 1.87 bits per heavy atom. The maximum Gasteiger partial charge on any atom is 0.183 e. The van der Waals surface area contributed by atoms with Gasteiger partial charge in [-0.2, -0.15) is 0 Å². The Kier molecular flexibility index (Phi) is 5.89. The minimum absolute atomic E-state index is 0.433. The fourth-order valence-corrected chi connectivity index (χ4v) is 6.42. The summed E-state index contributed by atoms with van der Waals surface area (Å²) in [5, 5.41) is 7.13. The molecule has 0 bridgehead atoms. The highest BCUT2D eigenvalue weighted by Crippen LogP contribution is 2.42. The third kappa shape index (κ3) is 4.27. The van der Waals surface area contributed by atoms with Gasteiger partial charge in [-0.3, -0.25) is 4.90 Å². The van der Waals surface area contributed by atoms with E-state index < -0.39 is 5.72 Å². The number of aromatic nitrogens is 1. The van der Waals surface area contributed by atoms with Crippen LogP contribution >= 0.6 is 0 Å². The number of nitrogens with one attached hydrogen (secondary N) is 1. The molecule has 1 aromatic heterocycles. The maximum atomic E-state index is 6.69. The van der Waals surface area contributed by atoms with E-state index in [0.29, 0.717) is 5.92 Å². The Balaban J connectivity index is 1.11. The van der Waals surface area contributed by atoms with Crippen LogP contribution in [-0.2, 0) is 6.54 Å². The van der Waals surface area contributed by atoms with Crippen LogP contribution in [0.15, 0.2) is 61.2 Å². The summed E-state index contributed by atoms with van der Waals surface area (Å²) in [7, 11) is 3.43. The number of nitrogens with zero attached hydrogens (tertiary/aromatic N) is 2. The molecule has 3 aromatic carbocycles. The first-order valence-electron chi connectivity index (χ1n) is 14.0. The van der Waals surface area contributed by atoms with E-state index in [4.69, 9.17) is 19.2 Å². The summed E-state index contributed by atoms with van der Waals surface area (Å²) in [6.45, 7) is 7.04. The standard InChI is InChI=1S/C33H35N3O3/c1-21-28-17-24-16-26(37-2)11-10-23(24)18-31(28)39-33(35-21)12-14-36(15-13-33)20-25-19-29(22-6-4-7-22)27-8-5-9-30(38-3)32(27)34-25/h5,8-11,16-19,22,35H,1,4,6-7,12-15,20H2,2-3H3. The molecule has 3 heterocycles. The minimum Gasteiger partial charge on any atom is -0.497 e. The Hall–Kier alpha value is -3.77. The van der Waals surface area contributed by atoms with Crippen molar-refractivity contribution in [3.8, 4) is 17.2 Å². The number of ether oxygens (including phenoxy) is 3. The van der Waals surface area contributed by atoms with E-state index in [0.717, 1.165) is 83.0 Å². The van der Waals surface area contributed by atoms with E-state index in [1.165, 1.54) is 30.2 Å². The van der Waals surface area contributed by atoms with Crippen LogP contribution in [0, 0.1) is 0 Å². The summed E-state index contributed by atoms with van der Waals surface area (Å²) in [4.78, 5) is 7.59. The lowest BCUT2D eigenvalue weighted by Gasteiger charge is -2.46. The predicted octanol–water partition coefficient (Wildman–Crippen LogP) is 6.62. The van der Waals surface area contributed by atoms with Crippen LogP contribution in [0.1, 0.15) is 54.8 Å². The first-order chi connectivity index (χ1) is 19.0. The average molecular weight is 522 g/mol. The molecule has 6 heteroatoms. The SMILES string of the molecule is C=C1NC2(CCN(Cc3cc(C4CCC4)c4cccc(OC)c4n3)CC2)Oc2cc3ccc(OC)cc3cc21. The highest BCUT2D eigenvalue weighted by Gasteiger charge is 2.41. The maximum absolute atomic E-state index is 6.69. The molecular formula is C33H35N3O3. The van der Waals surface area contributed by atoms with E-state index in [1.54, 1.807) is 14.2 Å². The van der Waals surface area contributed by atoms with Crippen LogP contribution in [0.3, 0.4) is 0 Å². The Labute approximate surface area is 229 Å². The molecule has 1 spiro atoms. The van der Waals surface area contributed by atoms with Gasteiger partial charge < -0.3 is 19.5 Å². The second kappa shape index (κ2) is 9.45. The molecule has 1 saturated carbocycles. The van der Waals surface area contributed by atoms with Crippen LogP contribution in [0.25, 0.3) is 27.4 Å². The molecule has 6 nitrogen and oxygen atoms in total. The van der Waals surface area contributed by atoms with Gasteiger partial charge >= 0.3 is 0 Å². The largest absolute Gasteiger partial charge is 0.497 e. The number of piperidine rings is 1. The van der Waals surface area contributed by atoms with Crippen molar-refractivity contribution in [1.82, 2.24) is 15.2 Å². The number of hydrogen-bond acceptors (Lipinski definition) is 6. The molecule has 0 atom stereocenters. The van der Waals surface area contributed by atoms with E-state index in [-0.39, 0.29) is 0 Å². The highest BCUT2D eigenvalue weighted by atomic mass is 16.5. The van der Waals surface area contributed by atoms with Gasteiger partial charge in [-0.15, -0.1) is 0 Å². The number of pyridine rings is 1. The summed E-state index contributed by atoms with van der Waals surface area (Å²) in [5.41, 5.74) is 5.05. The number of benzene rings is 3. The van der Waals surface area contributed by atoms with Crippen molar-refractivity contribution < 1.29 is 14.2 Å². The van der Waals surface area contributed by atoms with Crippen molar-refractivity contribution in [3.05, 3.63) is 78.0 Å². The molecular weight excluding hydrogens is 486 g/mol. The third-order valence-corrected chi connectivity index (χ3v) is 8.86. The second-order valence-electron chi connectivity index (χ2n) is 11.2.